The molecule has 0 atom stereocenters. The second-order valence-corrected chi connectivity index (χ2v) is 6.54. The number of rotatable bonds is 5. The molecular formula is C17H13F3N4O3S. The Bertz CT molecular complexity index is 999. The fraction of sp³-hybridized carbons (Fsp3) is 0.176. The van der Waals surface area contributed by atoms with E-state index in [1.54, 1.807) is 18.4 Å². The fourth-order valence-electron chi connectivity index (χ4n) is 2.31. The van der Waals surface area contributed by atoms with Crippen molar-refractivity contribution in [2.24, 2.45) is 0 Å². The number of ether oxygens (including phenoxy) is 1. The van der Waals surface area contributed by atoms with Crippen LogP contribution >= 0.6 is 11.3 Å². The van der Waals surface area contributed by atoms with Crippen molar-refractivity contribution in [1.82, 2.24) is 14.8 Å². The molecule has 3 rings (SSSR count). The smallest absolute Gasteiger partial charge is 0.416 e. The van der Waals surface area contributed by atoms with E-state index in [0.717, 1.165) is 18.2 Å². The molecule has 1 N–H and O–H groups in total. The lowest BCUT2D eigenvalue weighted by Crippen LogP contribution is -2.22. The summed E-state index contributed by atoms with van der Waals surface area (Å²) in [5.74, 6) is -1.47. The summed E-state index contributed by atoms with van der Waals surface area (Å²) in [6, 6.07) is 4.54. The molecule has 0 saturated carbocycles. The zero-order chi connectivity index (χ0) is 20.3. The molecule has 0 aliphatic rings. The van der Waals surface area contributed by atoms with Gasteiger partial charge in [-0.15, -0.1) is 11.3 Å². The number of carbonyl (C=O) groups is 2. The Morgan fingerprint density at radius 1 is 1.29 bits per heavy atom. The van der Waals surface area contributed by atoms with Gasteiger partial charge in [0.1, 0.15) is 17.5 Å². The minimum atomic E-state index is -4.59. The highest BCUT2D eigenvalue weighted by atomic mass is 32.1. The van der Waals surface area contributed by atoms with Crippen molar-refractivity contribution < 1.29 is 27.5 Å². The third kappa shape index (κ3) is 4.36. The Hall–Kier alpha value is -3.21. The lowest BCUT2D eigenvalue weighted by Gasteiger charge is -2.14. The number of aromatic nitrogens is 3. The predicted octanol–water partition coefficient (Wildman–Crippen LogP) is 3.45. The zero-order valence-corrected chi connectivity index (χ0v) is 15.2. The van der Waals surface area contributed by atoms with E-state index in [9.17, 15) is 22.8 Å². The Labute approximate surface area is 160 Å². The number of hydrogen-bond acceptors (Lipinski definition) is 6. The number of esters is 1. The van der Waals surface area contributed by atoms with Crippen LogP contribution in [0.2, 0.25) is 0 Å². The number of nitrogens with one attached hydrogen (secondary N) is 1. The van der Waals surface area contributed by atoms with Gasteiger partial charge in [-0.05, 0) is 42.1 Å². The second kappa shape index (κ2) is 7.80. The molecule has 7 nitrogen and oxygen atoms in total. The molecule has 0 unspecified atom stereocenters. The van der Waals surface area contributed by atoms with Crippen LogP contribution in [-0.4, -0.2) is 33.2 Å². The first kappa shape index (κ1) is 19.5. The molecule has 2 heterocycles. The van der Waals surface area contributed by atoms with Gasteiger partial charge in [0, 0.05) is 0 Å². The standard InChI is InChI=1S/C17H13F3N4O3S/c1-10-4-5-28-15(10)16(26)27-7-14(25)23-12-6-11(17(18,19)20)2-3-13(12)24-9-21-8-22-24/h2-6,8-9H,7H2,1H3,(H,23,25). The number of nitrogens with zero attached hydrogens (tertiary/aromatic N) is 3. The van der Waals surface area contributed by atoms with Crippen LogP contribution in [0.5, 0.6) is 0 Å². The third-order valence-corrected chi connectivity index (χ3v) is 4.64. The van der Waals surface area contributed by atoms with Crippen molar-refractivity contribution in [2.45, 2.75) is 13.1 Å². The highest BCUT2D eigenvalue weighted by molar-refractivity contribution is 7.12. The van der Waals surface area contributed by atoms with Gasteiger partial charge in [0.05, 0.1) is 16.9 Å². The van der Waals surface area contributed by atoms with Crippen molar-refractivity contribution in [1.29, 1.82) is 0 Å². The summed E-state index contributed by atoms with van der Waals surface area (Å²) in [7, 11) is 0. The maximum atomic E-state index is 13.0. The summed E-state index contributed by atoms with van der Waals surface area (Å²) < 4.78 is 45.2. The molecule has 28 heavy (non-hydrogen) atoms. The number of carbonyl (C=O) groups excluding carboxylic acids is 2. The molecule has 0 aliphatic carbocycles. The summed E-state index contributed by atoms with van der Waals surface area (Å²) in [6.07, 6.45) is -2.12. The van der Waals surface area contributed by atoms with Crippen molar-refractivity contribution in [3.05, 3.63) is 58.3 Å². The molecule has 2 aromatic heterocycles. The molecule has 146 valence electrons. The Kier molecular flexibility index (Phi) is 5.45. The van der Waals surface area contributed by atoms with Crippen LogP contribution in [0.3, 0.4) is 0 Å². The van der Waals surface area contributed by atoms with Crippen molar-refractivity contribution in [3.8, 4) is 5.69 Å². The van der Waals surface area contributed by atoms with Gasteiger partial charge in [0.15, 0.2) is 6.61 Å². The van der Waals surface area contributed by atoms with Crippen molar-refractivity contribution in [2.75, 3.05) is 11.9 Å². The van der Waals surface area contributed by atoms with Crippen LogP contribution in [0.1, 0.15) is 20.8 Å². The van der Waals surface area contributed by atoms with E-state index in [4.69, 9.17) is 4.74 Å². The van der Waals surface area contributed by atoms with Gasteiger partial charge in [0.25, 0.3) is 5.91 Å². The molecule has 0 bridgehead atoms. The SMILES string of the molecule is Cc1ccsc1C(=O)OCC(=O)Nc1cc(C(F)(F)F)ccc1-n1cncn1. The van der Waals surface area contributed by atoms with Gasteiger partial charge in [-0.25, -0.2) is 14.5 Å². The monoisotopic (exact) mass is 410 g/mol. The summed E-state index contributed by atoms with van der Waals surface area (Å²) in [5.41, 5.74) is -0.201. The van der Waals surface area contributed by atoms with E-state index in [1.165, 1.54) is 28.7 Å². The Morgan fingerprint density at radius 3 is 2.68 bits per heavy atom. The normalized spacial score (nSPS) is 11.3. The minimum Gasteiger partial charge on any atom is -0.451 e. The van der Waals surface area contributed by atoms with Crippen LogP contribution in [0.25, 0.3) is 5.69 Å². The minimum absolute atomic E-state index is 0.145. The van der Waals surface area contributed by atoms with E-state index >= 15 is 0 Å². The van der Waals surface area contributed by atoms with Crippen LogP contribution in [-0.2, 0) is 15.7 Å². The number of thiophene rings is 1. The molecule has 1 aromatic carbocycles. The number of halogens is 3. The highest BCUT2D eigenvalue weighted by Crippen LogP contribution is 2.33. The molecule has 0 saturated heterocycles. The first-order valence-corrected chi connectivity index (χ1v) is 8.71. The van der Waals surface area contributed by atoms with Gasteiger partial charge in [-0.2, -0.15) is 18.3 Å². The van der Waals surface area contributed by atoms with Gasteiger partial charge in [0.2, 0.25) is 0 Å². The maximum absolute atomic E-state index is 13.0. The number of hydrogen-bond donors (Lipinski definition) is 1. The number of anilines is 1. The lowest BCUT2D eigenvalue weighted by atomic mass is 10.1. The molecule has 11 heteroatoms. The molecular weight excluding hydrogens is 397 g/mol. The number of aryl methyl sites for hydroxylation is 1. The van der Waals surface area contributed by atoms with Crippen molar-refractivity contribution >= 4 is 28.9 Å². The van der Waals surface area contributed by atoms with Crippen molar-refractivity contribution in [3.63, 3.8) is 0 Å². The topological polar surface area (TPSA) is 86.1 Å². The molecule has 0 spiro atoms. The first-order chi connectivity index (χ1) is 13.3. The van der Waals surface area contributed by atoms with E-state index in [-0.39, 0.29) is 11.4 Å². The lowest BCUT2D eigenvalue weighted by molar-refractivity contribution is -0.137. The molecule has 0 radical (unpaired) electrons. The molecule has 0 fully saturated rings. The van der Waals surface area contributed by atoms with E-state index in [1.807, 2.05) is 0 Å². The van der Waals surface area contributed by atoms with Gasteiger partial charge in [-0.1, -0.05) is 0 Å². The van der Waals surface area contributed by atoms with Crippen LogP contribution in [0, 0.1) is 6.92 Å². The first-order valence-electron chi connectivity index (χ1n) is 7.83. The Morgan fingerprint density at radius 2 is 2.07 bits per heavy atom. The Balaban J connectivity index is 1.77. The van der Waals surface area contributed by atoms with Gasteiger partial charge in [-0.3, -0.25) is 4.79 Å². The van der Waals surface area contributed by atoms with E-state index in [2.05, 4.69) is 15.4 Å². The molecule has 3 aromatic rings. The van der Waals surface area contributed by atoms with Gasteiger partial charge < -0.3 is 10.1 Å². The zero-order valence-electron chi connectivity index (χ0n) is 14.4. The summed E-state index contributed by atoms with van der Waals surface area (Å²) >= 11 is 1.17. The molecule has 1 amide bonds. The van der Waals surface area contributed by atoms with Crippen LogP contribution in [0.15, 0.2) is 42.3 Å². The maximum Gasteiger partial charge on any atom is 0.416 e. The number of alkyl halides is 3. The van der Waals surface area contributed by atoms with E-state index < -0.39 is 30.2 Å². The van der Waals surface area contributed by atoms with E-state index in [0.29, 0.717) is 10.4 Å². The van der Waals surface area contributed by atoms with Gasteiger partial charge >= 0.3 is 12.1 Å². The fourth-order valence-corrected chi connectivity index (χ4v) is 3.13. The largest absolute Gasteiger partial charge is 0.451 e. The summed E-state index contributed by atoms with van der Waals surface area (Å²) in [4.78, 5) is 28.2. The number of amides is 1. The summed E-state index contributed by atoms with van der Waals surface area (Å²) in [6.45, 7) is 1.07. The average Bonchev–Trinajstić information content (AvgIpc) is 3.30. The summed E-state index contributed by atoms with van der Waals surface area (Å²) in [5, 5.41) is 7.89. The highest BCUT2D eigenvalue weighted by Gasteiger charge is 2.31. The third-order valence-electron chi connectivity index (χ3n) is 3.65. The molecule has 0 aliphatic heterocycles. The van der Waals surface area contributed by atoms with Crippen LogP contribution < -0.4 is 5.32 Å². The quantitative estimate of drug-likeness (QED) is 0.651. The second-order valence-electron chi connectivity index (χ2n) is 5.63. The average molecular weight is 410 g/mol. The van der Waals surface area contributed by atoms with Crippen LogP contribution in [0.4, 0.5) is 18.9 Å². The predicted molar refractivity (Wildman–Crippen MR) is 94.3 cm³/mol. The number of benzene rings is 1.